The Balaban J connectivity index is 2.16. The van der Waals surface area contributed by atoms with Gasteiger partial charge in [0.05, 0.1) is 0 Å². The van der Waals surface area contributed by atoms with Gasteiger partial charge in [0.25, 0.3) is 5.91 Å². The number of imide groups is 1. The lowest BCUT2D eigenvalue weighted by Gasteiger charge is -2.43. The zero-order valence-electron chi connectivity index (χ0n) is 14.1. The molecule has 2 fully saturated rings. The quantitative estimate of drug-likeness (QED) is 0.704. The number of rotatable bonds is 6. The second-order valence-corrected chi connectivity index (χ2v) is 7.17. The van der Waals surface area contributed by atoms with Crippen molar-refractivity contribution < 1.29 is 14.4 Å². The zero-order valence-corrected chi connectivity index (χ0v) is 14.9. The van der Waals surface area contributed by atoms with Crippen LogP contribution in [0.4, 0.5) is 4.79 Å². The molecule has 0 aromatic carbocycles. The SMILES string of the molecule is CCN1C(=O)N(CC(N)=O)C(=O)C12CCN(C(C)CSC)CC2. The molecule has 2 saturated heterocycles. The van der Waals surface area contributed by atoms with Crippen molar-refractivity contribution in [1.82, 2.24) is 14.7 Å². The van der Waals surface area contributed by atoms with Crippen molar-refractivity contribution in [1.29, 1.82) is 0 Å². The van der Waals surface area contributed by atoms with E-state index in [9.17, 15) is 14.4 Å². The minimum absolute atomic E-state index is 0.264. The van der Waals surface area contributed by atoms with Crippen LogP contribution in [0, 0.1) is 0 Å². The van der Waals surface area contributed by atoms with E-state index in [1.807, 2.05) is 18.7 Å². The number of amides is 4. The maximum atomic E-state index is 12.8. The van der Waals surface area contributed by atoms with Crippen LogP contribution in [-0.2, 0) is 9.59 Å². The van der Waals surface area contributed by atoms with E-state index in [0.717, 1.165) is 23.7 Å². The molecule has 1 unspecified atom stereocenters. The summed E-state index contributed by atoms with van der Waals surface area (Å²) in [5.41, 5.74) is 4.39. The van der Waals surface area contributed by atoms with Crippen LogP contribution >= 0.6 is 11.8 Å². The van der Waals surface area contributed by atoms with E-state index in [4.69, 9.17) is 5.73 Å². The second kappa shape index (κ2) is 7.09. The molecule has 4 amide bonds. The summed E-state index contributed by atoms with van der Waals surface area (Å²) in [6.45, 7) is 5.74. The Bertz CT molecular complexity index is 491. The molecule has 0 aromatic rings. The van der Waals surface area contributed by atoms with Crippen molar-refractivity contribution >= 4 is 29.6 Å². The van der Waals surface area contributed by atoms with Gasteiger partial charge in [-0.3, -0.25) is 19.4 Å². The van der Waals surface area contributed by atoms with Gasteiger partial charge < -0.3 is 10.6 Å². The predicted molar refractivity (Wildman–Crippen MR) is 90.1 cm³/mol. The molecule has 7 nitrogen and oxygen atoms in total. The number of thioether (sulfide) groups is 1. The molecule has 23 heavy (non-hydrogen) atoms. The average molecular weight is 342 g/mol. The highest BCUT2D eigenvalue weighted by molar-refractivity contribution is 7.98. The molecule has 2 N–H and O–H groups in total. The van der Waals surface area contributed by atoms with Crippen molar-refractivity contribution in [3.63, 3.8) is 0 Å². The van der Waals surface area contributed by atoms with Crippen molar-refractivity contribution in [3.05, 3.63) is 0 Å². The molecular formula is C15H26N4O3S. The highest BCUT2D eigenvalue weighted by atomic mass is 32.2. The first-order chi connectivity index (χ1) is 10.9. The van der Waals surface area contributed by atoms with Gasteiger partial charge in [0, 0.05) is 31.4 Å². The van der Waals surface area contributed by atoms with Crippen LogP contribution in [0.2, 0.25) is 0 Å². The number of hydrogen-bond acceptors (Lipinski definition) is 5. The summed E-state index contributed by atoms with van der Waals surface area (Å²) in [6.07, 6.45) is 3.31. The molecule has 2 aliphatic rings. The lowest BCUT2D eigenvalue weighted by Crippen LogP contribution is -2.58. The number of primary amides is 1. The van der Waals surface area contributed by atoms with E-state index < -0.39 is 11.4 Å². The van der Waals surface area contributed by atoms with E-state index in [1.165, 1.54) is 0 Å². The number of piperidine rings is 1. The van der Waals surface area contributed by atoms with E-state index in [1.54, 1.807) is 4.90 Å². The van der Waals surface area contributed by atoms with Gasteiger partial charge in [-0.25, -0.2) is 4.79 Å². The molecule has 0 radical (unpaired) electrons. The van der Waals surface area contributed by atoms with Gasteiger partial charge in [-0.15, -0.1) is 0 Å². The Morgan fingerprint density at radius 1 is 1.35 bits per heavy atom. The first kappa shape index (κ1) is 18.1. The number of nitrogens with two attached hydrogens (primary N) is 1. The third kappa shape index (κ3) is 3.19. The molecule has 8 heteroatoms. The van der Waals surface area contributed by atoms with Crippen LogP contribution in [0.1, 0.15) is 26.7 Å². The van der Waals surface area contributed by atoms with Crippen molar-refractivity contribution in [2.75, 3.05) is 38.2 Å². The molecule has 0 aromatic heterocycles. The largest absolute Gasteiger partial charge is 0.368 e. The Morgan fingerprint density at radius 2 is 1.96 bits per heavy atom. The van der Waals surface area contributed by atoms with Gasteiger partial charge in [0.15, 0.2) is 0 Å². The molecule has 1 atom stereocenters. The Hall–Kier alpha value is -1.28. The average Bonchev–Trinajstić information content (AvgIpc) is 2.69. The van der Waals surface area contributed by atoms with E-state index >= 15 is 0 Å². The monoisotopic (exact) mass is 342 g/mol. The molecule has 2 aliphatic heterocycles. The topological polar surface area (TPSA) is 87.0 Å². The van der Waals surface area contributed by atoms with Crippen molar-refractivity contribution in [3.8, 4) is 0 Å². The summed E-state index contributed by atoms with van der Waals surface area (Å²) in [6, 6.07) is 0.0632. The van der Waals surface area contributed by atoms with Crippen LogP contribution in [-0.4, -0.2) is 82.3 Å². The fourth-order valence-electron chi connectivity index (χ4n) is 3.68. The lowest BCUT2D eigenvalue weighted by molar-refractivity contribution is -0.137. The minimum atomic E-state index is -0.795. The molecule has 0 saturated carbocycles. The van der Waals surface area contributed by atoms with Crippen LogP contribution < -0.4 is 5.73 Å². The minimum Gasteiger partial charge on any atom is -0.368 e. The first-order valence-electron chi connectivity index (χ1n) is 8.02. The standard InChI is InChI=1S/C15H26N4O3S/c1-4-19-14(22)18(9-12(16)20)13(21)15(19)5-7-17(8-6-15)11(2)10-23-3/h11H,4-10H2,1-3H3,(H2,16,20). The number of likely N-dealkylation sites (N-methyl/N-ethyl adjacent to an activating group) is 1. The summed E-state index contributed by atoms with van der Waals surface area (Å²) >= 11 is 1.81. The van der Waals surface area contributed by atoms with Crippen LogP contribution in [0.5, 0.6) is 0 Å². The molecule has 0 aliphatic carbocycles. The normalized spacial score (nSPS) is 22.9. The molecule has 2 heterocycles. The smallest absolute Gasteiger partial charge is 0.328 e. The molecule has 0 bridgehead atoms. The maximum absolute atomic E-state index is 12.8. The summed E-state index contributed by atoms with van der Waals surface area (Å²) in [5.74, 6) is 0.122. The van der Waals surface area contributed by atoms with Crippen molar-refractivity contribution in [2.45, 2.75) is 38.3 Å². The summed E-state index contributed by atoms with van der Waals surface area (Å²) in [7, 11) is 0. The summed E-state index contributed by atoms with van der Waals surface area (Å²) < 4.78 is 0. The van der Waals surface area contributed by atoms with Gasteiger partial charge in [0.1, 0.15) is 12.1 Å². The lowest BCUT2D eigenvalue weighted by atomic mass is 9.85. The number of carbonyl (C=O) groups is 3. The molecule has 2 rings (SSSR count). The fourth-order valence-corrected chi connectivity index (χ4v) is 4.37. The van der Waals surface area contributed by atoms with Crippen LogP contribution in [0.3, 0.4) is 0 Å². The maximum Gasteiger partial charge on any atom is 0.328 e. The van der Waals surface area contributed by atoms with E-state index in [-0.39, 0.29) is 18.5 Å². The number of likely N-dealkylation sites (tertiary alicyclic amines) is 1. The number of nitrogens with zero attached hydrogens (tertiary/aromatic N) is 3. The van der Waals surface area contributed by atoms with Crippen LogP contribution in [0.15, 0.2) is 0 Å². The third-order valence-electron chi connectivity index (χ3n) is 4.91. The Kier molecular flexibility index (Phi) is 5.57. The second-order valence-electron chi connectivity index (χ2n) is 6.26. The highest BCUT2D eigenvalue weighted by Gasteiger charge is 2.57. The molecule has 1 spiro atoms. The predicted octanol–water partition coefficient (Wildman–Crippen LogP) is 0.342. The van der Waals surface area contributed by atoms with Gasteiger partial charge in [-0.2, -0.15) is 11.8 Å². The number of hydrogen-bond donors (Lipinski definition) is 1. The van der Waals surface area contributed by atoms with Crippen LogP contribution in [0.25, 0.3) is 0 Å². The zero-order chi connectivity index (χ0) is 17.2. The Morgan fingerprint density at radius 3 is 2.43 bits per heavy atom. The summed E-state index contributed by atoms with van der Waals surface area (Å²) in [5, 5.41) is 0. The number of urea groups is 1. The van der Waals surface area contributed by atoms with Crippen molar-refractivity contribution in [2.24, 2.45) is 5.73 Å². The summed E-state index contributed by atoms with van der Waals surface area (Å²) in [4.78, 5) is 41.5. The highest BCUT2D eigenvalue weighted by Crippen LogP contribution is 2.37. The van der Waals surface area contributed by atoms with Gasteiger partial charge in [0.2, 0.25) is 5.91 Å². The molecule has 130 valence electrons. The Labute approximate surface area is 141 Å². The third-order valence-corrected chi connectivity index (χ3v) is 5.72. The van der Waals surface area contributed by atoms with Gasteiger partial charge in [-0.05, 0) is 32.9 Å². The van der Waals surface area contributed by atoms with Gasteiger partial charge in [-0.1, -0.05) is 0 Å². The number of carbonyl (C=O) groups excluding carboxylic acids is 3. The fraction of sp³-hybridized carbons (Fsp3) is 0.800. The van der Waals surface area contributed by atoms with E-state index in [0.29, 0.717) is 25.4 Å². The first-order valence-corrected chi connectivity index (χ1v) is 9.41. The molecular weight excluding hydrogens is 316 g/mol. The van der Waals surface area contributed by atoms with Gasteiger partial charge >= 0.3 is 6.03 Å². The van der Waals surface area contributed by atoms with E-state index in [2.05, 4.69) is 18.1 Å².